The van der Waals surface area contributed by atoms with Crippen molar-refractivity contribution in [2.24, 2.45) is 0 Å². The van der Waals surface area contributed by atoms with Gasteiger partial charge in [-0.1, -0.05) is 36.4 Å². The maximum Gasteiger partial charge on any atom is 0.227 e. The predicted octanol–water partition coefficient (Wildman–Crippen LogP) is 5.35. The lowest BCUT2D eigenvalue weighted by Gasteiger charge is -2.11. The molecular weight excluding hydrogens is 360 g/mol. The van der Waals surface area contributed by atoms with Crippen LogP contribution in [-0.4, -0.2) is 19.9 Å². The molecule has 2 N–H and O–H groups in total. The summed E-state index contributed by atoms with van der Waals surface area (Å²) in [6.07, 6.45) is 0. The first-order valence-electron chi connectivity index (χ1n) is 9.43. The minimum Gasteiger partial charge on any atom is -0.340 e. The van der Waals surface area contributed by atoms with E-state index in [9.17, 15) is 0 Å². The maximum atomic E-state index is 4.56. The number of hydrogen-bond donors (Lipinski definition) is 2. The highest BCUT2D eigenvalue weighted by Gasteiger charge is 2.06. The fourth-order valence-electron chi connectivity index (χ4n) is 3.12. The second-order valence-corrected chi connectivity index (χ2v) is 6.86. The minimum atomic E-state index is 0.587. The molecule has 0 aliphatic heterocycles. The van der Waals surface area contributed by atoms with Gasteiger partial charge in [0.2, 0.25) is 5.95 Å². The Morgan fingerprint density at radius 1 is 0.621 bits per heavy atom. The normalized spacial score (nSPS) is 10.6. The van der Waals surface area contributed by atoms with Crippen molar-refractivity contribution in [1.29, 1.82) is 0 Å². The summed E-state index contributed by atoms with van der Waals surface area (Å²) in [5.74, 6) is 2.05. The van der Waals surface area contributed by atoms with E-state index in [1.807, 2.05) is 87.5 Å². The van der Waals surface area contributed by atoms with E-state index in [0.717, 1.165) is 39.8 Å². The molecule has 6 nitrogen and oxygen atoms in total. The van der Waals surface area contributed by atoms with Crippen LogP contribution in [0.1, 0.15) is 17.2 Å². The summed E-state index contributed by atoms with van der Waals surface area (Å²) in [5, 5.41) is 6.64. The Hall–Kier alpha value is -3.80. The Kier molecular flexibility index (Phi) is 5.16. The average Bonchev–Trinajstić information content (AvgIpc) is 2.68. The molecule has 0 atom stereocenters. The van der Waals surface area contributed by atoms with Gasteiger partial charge in [-0.15, -0.1) is 0 Å². The fraction of sp³-hybridized carbons (Fsp3) is 0.130. The van der Waals surface area contributed by atoms with Crippen LogP contribution >= 0.6 is 0 Å². The Morgan fingerprint density at radius 3 is 2.03 bits per heavy atom. The van der Waals surface area contributed by atoms with Gasteiger partial charge < -0.3 is 10.6 Å². The fourth-order valence-corrected chi connectivity index (χ4v) is 3.12. The molecule has 2 aromatic carbocycles. The lowest BCUT2D eigenvalue weighted by molar-refractivity contribution is 1.06. The number of aryl methyl sites for hydroxylation is 3. The average molecular weight is 382 g/mol. The summed E-state index contributed by atoms with van der Waals surface area (Å²) in [6, 6.07) is 21.9. The third kappa shape index (κ3) is 4.73. The van der Waals surface area contributed by atoms with Crippen molar-refractivity contribution < 1.29 is 0 Å². The van der Waals surface area contributed by atoms with Gasteiger partial charge in [0, 0.05) is 34.4 Å². The van der Waals surface area contributed by atoms with Gasteiger partial charge in [0.05, 0.1) is 5.69 Å². The number of nitrogens with zero attached hydrogens (tertiary/aromatic N) is 4. The lowest BCUT2D eigenvalue weighted by atomic mass is 10.1. The van der Waals surface area contributed by atoms with Gasteiger partial charge in [-0.2, -0.15) is 0 Å². The van der Waals surface area contributed by atoms with Gasteiger partial charge in [-0.05, 0) is 45.0 Å². The van der Waals surface area contributed by atoms with Crippen LogP contribution in [0.15, 0.2) is 66.7 Å². The molecular formula is C23H22N6. The first kappa shape index (κ1) is 18.6. The first-order valence-corrected chi connectivity index (χ1v) is 9.43. The standard InChI is InChI=1S/C23H22N6/c1-15-12-16(2)25-23(24-15)29-20-11-7-10-19(13-20)28-22-14-21(26-17(3)27-22)18-8-5-4-6-9-18/h4-14H,1-3H3,(H,24,25,29)(H,26,27,28). The highest BCUT2D eigenvalue weighted by molar-refractivity contribution is 5.68. The monoisotopic (exact) mass is 382 g/mol. The van der Waals surface area contributed by atoms with Gasteiger partial charge in [-0.25, -0.2) is 19.9 Å². The van der Waals surface area contributed by atoms with Crippen LogP contribution in [0.25, 0.3) is 11.3 Å². The molecule has 0 bridgehead atoms. The van der Waals surface area contributed by atoms with Gasteiger partial charge in [0.25, 0.3) is 0 Å². The van der Waals surface area contributed by atoms with Crippen LogP contribution in [0.5, 0.6) is 0 Å². The SMILES string of the molecule is Cc1cc(C)nc(Nc2cccc(Nc3cc(-c4ccccc4)nc(C)n3)c2)n1. The predicted molar refractivity (Wildman–Crippen MR) is 117 cm³/mol. The van der Waals surface area contributed by atoms with Crippen molar-refractivity contribution >= 4 is 23.1 Å². The van der Waals surface area contributed by atoms with Gasteiger partial charge >= 0.3 is 0 Å². The van der Waals surface area contributed by atoms with Crippen molar-refractivity contribution in [3.63, 3.8) is 0 Å². The number of nitrogens with one attached hydrogen (secondary N) is 2. The molecule has 0 spiro atoms. The number of benzene rings is 2. The summed E-state index contributed by atoms with van der Waals surface area (Å²) >= 11 is 0. The molecule has 144 valence electrons. The zero-order valence-corrected chi connectivity index (χ0v) is 16.6. The van der Waals surface area contributed by atoms with Gasteiger partial charge in [0.15, 0.2) is 0 Å². The van der Waals surface area contributed by atoms with Crippen molar-refractivity contribution in [1.82, 2.24) is 19.9 Å². The van der Waals surface area contributed by atoms with E-state index in [1.54, 1.807) is 0 Å². The highest BCUT2D eigenvalue weighted by atomic mass is 15.1. The van der Waals surface area contributed by atoms with E-state index in [0.29, 0.717) is 11.8 Å². The first-order chi connectivity index (χ1) is 14.0. The molecule has 2 aromatic heterocycles. The van der Waals surface area contributed by atoms with E-state index in [1.165, 1.54) is 0 Å². The minimum absolute atomic E-state index is 0.587. The zero-order chi connectivity index (χ0) is 20.2. The Morgan fingerprint density at radius 2 is 1.31 bits per heavy atom. The van der Waals surface area contributed by atoms with Crippen LogP contribution in [0, 0.1) is 20.8 Å². The molecule has 29 heavy (non-hydrogen) atoms. The third-order valence-electron chi connectivity index (χ3n) is 4.28. The van der Waals surface area contributed by atoms with E-state index in [-0.39, 0.29) is 0 Å². The van der Waals surface area contributed by atoms with Crippen LogP contribution < -0.4 is 10.6 Å². The Balaban J connectivity index is 1.57. The van der Waals surface area contributed by atoms with Crippen molar-refractivity contribution in [3.05, 3.63) is 83.9 Å². The van der Waals surface area contributed by atoms with Crippen LogP contribution in [0.4, 0.5) is 23.1 Å². The number of aromatic nitrogens is 4. The van der Waals surface area contributed by atoms with Crippen molar-refractivity contribution in [2.75, 3.05) is 10.6 Å². The number of hydrogen-bond acceptors (Lipinski definition) is 6. The van der Waals surface area contributed by atoms with Gasteiger partial charge in [0.1, 0.15) is 11.6 Å². The lowest BCUT2D eigenvalue weighted by Crippen LogP contribution is -2.01. The van der Waals surface area contributed by atoms with E-state index >= 15 is 0 Å². The molecule has 0 saturated carbocycles. The van der Waals surface area contributed by atoms with Crippen molar-refractivity contribution in [3.8, 4) is 11.3 Å². The topological polar surface area (TPSA) is 75.6 Å². The second-order valence-electron chi connectivity index (χ2n) is 6.86. The number of anilines is 4. The Labute approximate surface area is 170 Å². The van der Waals surface area contributed by atoms with Gasteiger partial charge in [-0.3, -0.25) is 0 Å². The molecule has 0 amide bonds. The van der Waals surface area contributed by atoms with Crippen LogP contribution in [0.3, 0.4) is 0 Å². The van der Waals surface area contributed by atoms with E-state index < -0.39 is 0 Å². The van der Waals surface area contributed by atoms with E-state index in [4.69, 9.17) is 0 Å². The molecule has 6 heteroatoms. The third-order valence-corrected chi connectivity index (χ3v) is 4.28. The summed E-state index contributed by atoms with van der Waals surface area (Å²) in [4.78, 5) is 18.0. The molecule has 2 heterocycles. The molecule has 0 aliphatic carbocycles. The quantitative estimate of drug-likeness (QED) is 0.485. The summed E-state index contributed by atoms with van der Waals surface area (Å²) in [6.45, 7) is 5.81. The smallest absolute Gasteiger partial charge is 0.227 e. The summed E-state index contributed by atoms with van der Waals surface area (Å²) in [5.41, 5.74) is 5.62. The largest absolute Gasteiger partial charge is 0.340 e. The second kappa shape index (κ2) is 8.06. The van der Waals surface area contributed by atoms with E-state index in [2.05, 4.69) is 30.6 Å². The van der Waals surface area contributed by atoms with Crippen LogP contribution in [-0.2, 0) is 0 Å². The molecule has 0 fully saturated rings. The number of rotatable bonds is 5. The summed E-state index contributed by atoms with van der Waals surface area (Å²) < 4.78 is 0. The molecule has 0 aliphatic rings. The molecule has 0 radical (unpaired) electrons. The maximum absolute atomic E-state index is 4.56. The van der Waals surface area contributed by atoms with Crippen LogP contribution in [0.2, 0.25) is 0 Å². The van der Waals surface area contributed by atoms with Crippen molar-refractivity contribution in [2.45, 2.75) is 20.8 Å². The highest BCUT2D eigenvalue weighted by Crippen LogP contribution is 2.24. The molecule has 0 saturated heterocycles. The molecule has 0 unspecified atom stereocenters. The summed E-state index contributed by atoms with van der Waals surface area (Å²) in [7, 11) is 0. The molecule has 4 rings (SSSR count). The zero-order valence-electron chi connectivity index (χ0n) is 16.6. The molecule has 4 aromatic rings. The Bertz CT molecular complexity index is 1120.